The van der Waals surface area contributed by atoms with Crippen LogP contribution in [0.5, 0.6) is 0 Å². The van der Waals surface area contributed by atoms with Gasteiger partial charge in [-0.2, -0.15) is 0 Å². The van der Waals surface area contributed by atoms with Gasteiger partial charge in [0.25, 0.3) is 0 Å². The first-order valence-electron chi connectivity index (χ1n) is 5.95. The maximum atomic E-state index is 11.3. The molecular formula is C14H23NO. The number of allylic oxidation sites excluding steroid dienone is 5. The van der Waals surface area contributed by atoms with Crippen LogP contribution in [0.1, 0.15) is 40.0 Å². The molecule has 1 amide bonds. The molecule has 0 aromatic carbocycles. The zero-order valence-electron chi connectivity index (χ0n) is 10.6. The molecule has 90 valence electrons. The van der Waals surface area contributed by atoms with Crippen molar-refractivity contribution < 1.29 is 4.79 Å². The van der Waals surface area contributed by atoms with Crippen molar-refractivity contribution in [2.45, 2.75) is 46.1 Å². The molecule has 0 aliphatic heterocycles. The fourth-order valence-electron chi connectivity index (χ4n) is 1.06. The lowest BCUT2D eigenvalue weighted by atomic mass is 10.2. The minimum absolute atomic E-state index is 0.00628. The van der Waals surface area contributed by atoms with Gasteiger partial charge in [-0.1, -0.05) is 37.3 Å². The molecule has 0 bridgehead atoms. The molecule has 2 nitrogen and oxygen atoms in total. The number of unbranched alkanes of at least 4 members (excludes halogenated alkanes) is 1. The van der Waals surface area contributed by atoms with Gasteiger partial charge in [-0.05, 0) is 39.2 Å². The highest BCUT2D eigenvalue weighted by atomic mass is 16.1. The van der Waals surface area contributed by atoms with Gasteiger partial charge in [-0.3, -0.25) is 4.79 Å². The topological polar surface area (TPSA) is 29.1 Å². The molecule has 0 aliphatic rings. The van der Waals surface area contributed by atoms with Gasteiger partial charge in [0, 0.05) is 6.04 Å². The monoisotopic (exact) mass is 221 g/mol. The fraction of sp³-hybridized carbons (Fsp3) is 0.500. The highest BCUT2D eigenvalue weighted by molar-refractivity contribution is 5.87. The van der Waals surface area contributed by atoms with Crippen LogP contribution in [0.15, 0.2) is 36.5 Å². The fourth-order valence-corrected chi connectivity index (χ4v) is 1.06. The number of nitrogens with one attached hydrogen (secondary N) is 1. The van der Waals surface area contributed by atoms with E-state index in [0.717, 1.165) is 19.3 Å². The first-order chi connectivity index (χ1) is 7.70. The summed E-state index contributed by atoms with van der Waals surface area (Å²) in [7, 11) is 0. The van der Waals surface area contributed by atoms with Gasteiger partial charge in [0.15, 0.2) is 0 Å². The van der Waals surface area contributed by atoms with E-state index in [1.807, 2.05) is 38.2 Å². The van der Waals surface area contributed by atoms with Gasteiger partial charge < -0.3 is 5.32 Å². The lowest BCUT2D eigenvalue weighted by Gasteiger charge is -2.08. The van der Waals surface area contributed by atoms with Crippen LogP contribution >= 0.6 is 0 Å². The van der Waals surface area contributed by atoms with E-state index in [2.05, 4.69) is 18.3 Å². The van der Waals surface area contributed by atoms with Crippen molar-refractivity contribution in [1.29, 1.82) is 0 Å². The maximum absolute atomic E-state index is 11.3. The molecule has 0 fully saturated rings. The standard InChI is InChI=1S/C14H23NO/c1-4-6-7-8-9-10-11-12-14(16)15-13(3)5-2/h4,6-8,11-13H,5,9-10H2,1-3H3,(H,15,16)/b6-4+,8-7+,12-11+. The third-order valence-corrected chi connectivity index (χ3v) is 2.21. The minimum atomic E-state index is 0.00628. The second kappa shape index (κ2) is 10.2. The van der Waals surface area contributed by atoms with Crippen LogP contribution in [0.4, 0.5) is 0 Å². The SMILES string of the molecule is C/C=C/C=C/CC/C=C/C(=O)NC(C)CC. The summed E-state index contributed by atoms with van der Waals surface area (Å²) in [6.07, 6.45) is 14.5. The number of hydrogen-bond donors (Lipinski definition) is 1. The summed E-state index contributed by atoms with van der Waals surface area (Å²) in [5, 5.41) is 2.89. The Bertz CT molecular complexity index is 264. The molecule has 1 N–H and O–H groups in total. The van der Waals surface area contributed by atoms with Crippen LogP contribution in [0.3, 0.4) is 0 Å². The molecule has 0 spiro atoms. The zero-order valence-corrected chi connectivity index (χ0v) is 10.6. The van der Waals surface area contributed by atoms with E-state index in [4.69, 9.17) is 0 Å². The van der Waals surface area contributed by atoms with Gasteiger partial charge in [0.2, 0.25) is 5.91 Å². The Labute approximate surface area is 99.1 Å². The Balaban J connectivity index is 3.64. The quantitative estimate of drug-likeness (QED) is 0.398. The van der Waals surface area contributed by atoms with Crippen LogP contribution in [0, 0.1) is 0 Å². The third kappa shape index (κ3) is 9.25. The number of amides is 1. The van der Waals surface area contributed by atoms with E-state index in [1.165, 1.54) is 0 Å². The van der Waals surface area contributed by atoms with Crippen LogP contribution in [-0.2, 0) is 4.79 Å². The smallest absolute Gasteiger partial charge is 0.243 e. The molecule has 16 heavy (non-hydrogen) atoms. The van der Waals surface area contributed by atoms with Crippen molar-refractivity contribution in [1.82, 2.24) is 5.32 Å². The normalized spacial score (nSPS) is 13.9. The Morgan fingerprint density at radius 1 is 1.25 bits per heavy atom. The van der Waals surface area contributed by atoms with Crippen LogP contribution in [0.25, 0.3) is 0 Å². The highest BCUT2D eigenvalue weighted by Crippen LogP contribution is 1.94. The molecule has 1 unspecified atom stereocenters. The average Bonchev–Trinajstić information content (AvgIpc) is 2.27. The number of rotatable bonds is 7. The minimum Gasteiger partial charge on any atom is -0.350 e. The molecule has 1 atom stereocenters. The molecule has 0 aliphatic carbocycles. The summed E-state index contributed by atoms with van der Waals surface area (Å²) >= 11 is 0. The van der Waals surface area contributed by atoms with Crippen molar-refractivity contribution in [2.24, 2.45) is 0 Å². The van der Waals surface area contributed by atoms with E-state index in [1.54, 1.807) is 6.08 Å². The Kier molecular flexibility index (Phi) is 9.38. The van der Waals surface area contributed by atoms with Crippen LogP contribution in [0.2, 0.25) is 0 Å². The Hall–Kier alpha value is -1.31. The van der Waals surface area contributed by atoms with Crippen LogP contribution in [-0.4, -0.2) is 11.9 Å². The summed E-state index contributed by atoms with van der Waals surface area (Å²) in [4.78, 5) is 11.3. The second-order valence-electron chi connectivity index (χ2n) is 3.75. The number of hydrogen-bond acceptors (Lipinski definition) is 1. The first kappa shape index (κ1) is 14.7. The van der Waals surface area contributed by atoms with Crippen molar-refractivity contribution in [2.75, 3.05) is 0 Å². The summed E-state index contributed by atoms with van der Waals surface area (Å²) < 4.78 is 0. The van der Waals surface area contributed by atoms with Gasteiger partial charge in [-0.15, -0.1) is 0 Å². The Morgan fingerprint density at radius 3 is 2.56 bits per heavy atom. The Morgan fingerprint density at radius 2 is 1.94 bits per heavy atom. The van der Waals surface area contributed by atoms with Gasteiger partial charge in [0.1, 0.15) is 0 Å². The second-order valence-corrected chi connectivity index (χ2v) is 3.75. The predicted molar refractivity (Wildman–Crippen MR) is 70.2 cm³/mol. The molecule has 0 saturated carbocycles. The molecule has 0 heterocycles. The molecule has 0 aromatic rings. The van der Waals surface area contributed by atoms with E-state index < -0.39 is 0 Å². The zero-order chi connectivity index (χ0) is 12.2. The van der Waals surface area contributed by atoms with Crippen LogP contribution < -0.4 is 5.32 Å². The third-order valence-electron chi connectivity index (χ3n) is 2.21. The molecular weight excluding hydrogens is 198 g/mol. The van der Waals surface area contributed by atoms with Crippen molar-refractivity contribution in [3.8, 4) is 0 Å². The maximum Gasteiger partial charge on any atom is 0.243 e. The molecule has 2 heteroatoms. The summed E-state index contributed by atoms with van der Waals surface area (Å²) in [6, 6.07) is 0.256. The average molecular weight is 221 g/mol. The van der Waals surface area contributed by atoms with E-state index in [0.29, 0.717) is 0 Å². The lowest BCUT2D eigenvalue weighted by Crippen LogP contribution is -2.30. The molecule has 0 rings (SSSR count). The molecule has 0 saturated heterocycles. The number of carbonyl (C=O) groups is 1. The first-order valence-corrected chi connectivity index (χ1v) is 5.95. The lowest BCUT2D eigenvalue weighted by molar-refractivity contribution is -0.117. The largest absolute Gasteiger partial charge is 0.350 e. The van der Waals surface area contributed by atoms with Gasteiger partial charge in [-0.25, -0.2) is 0 Å². The van der Waals surface area contributed by atoms with E-state index >= 15 is 0 Å². The van der Waals surface area contributed by atoms with E-state index in [-0.39, 0.29) is 11.9 Å². The summed E-state index contributed by atoms with van der Waals surface area (Å²) in [5.74, 6) is 0.00628. The number of carbonyl (C=O) groups excluding carboxylic acids is 1. The molecule has 0 aromatic heterocycles. The van der Waals surface area contributed by atoms with E-state index in [9.17, 15) is 4.79 Å². The summed E-state index contributed by atoms with van der Waals surface area (Å²) in [5.41, 5.74) is 0. The molecule has 0 radical (unpaired) electrons. The van der Waals surface area contributed by atoms with Crippen molar-refractivity contribution >= 4 is 5.91 Å². The van der Waals surface area contributed by atoms with Crippen molar-refractivity contribution in [3.63, 3.8) is 0 Å². The predicted octanol–water partition coefficient (Wildman–Crippen LogP) is 3.37. The highest BCUT2D eigenvalue weighted by Gasteiger charge is 1.99. The van der Waals surface area contributed by atoms with Gasteiger partial charge >= 0.3 is 0 Å². The van der Waals surface area contributed by atoms with Gasteiger partial charge in [0.05, 0.1) is 0 Å². The summed E-state index contributed by atoms with van der Waals surface area (Å²) in [6.45, 7) is 6.05. The van der Waals surface area contributed by atoms with Crippen molar-refractivity contribution in [3.05, 3.63) is 36.5 Å².